The van der Waals surface area contributed by atoms with Crippen molar-refractivity contribution in [3.63, 3.8) is 0 Å². The number of carbonyl (C=O) groups is 2. The summed E-state index contributed by atoms with van der Waals surface area (Å²) < 4.78 is 5.47. The smallest absolute Gasteiger partial charge is 0.339 e. The molecule has 3 N–H and O–H groups in total. The van der Waals surface area contributed by atoms with Gasteiger partial charge in [-0.25, -0.2) is 4.79 Å². The number of rotatable bonds is 2. The third kappa shape index (κ3) is 1.72. The Hall–Kier alpha value is -2.18. The van der Waals surface area contributed by atoms with Gasteiger partial charge in [-0.05, 0) is 32.6 Å². The minimum absolute atomic E-state index is 0.196. The molecule has 0 spiro atoms. The van der Waals surface area contributed by atoms with Crippen LogP contribution in [0.1, 0.15) is 48.5 Å². The van der Waals surface area contributed by atoms with Gasteiger partial charge in [-0.15, -0.1) is 0 Å². The fourth-order valence-electron chi connectivity index (χ4n) is 4.13. The maximum absolute atomic E-state index is 12.8. The van der Waals surface area contributed by atoms with E-state index in [-0.39, 0.29) is 28.5 Å². The number of ether oxygens (including phenoxy) is 1. The fourth-order valence-corrected chi connectivity index (χ4v) is 4.13. The number of esters is 1. The molecule has 6 heteroatoms. The summed E-state index contributed by atoms with van der Waals surface area (Å²) >= 11 is 0. The fraction of sp³-hybridized carbons (Fsp3) is 0.444. The highest BCUT2D eigenvalue weighted by Crippen LogP contribution is 2.51. The molecule has 1 saturated carbocycles. The minimum Gasteiger partial charge on any atom is -0.459 e. The molecule has 0 saturated heterocycles. The molecule has 2 atom stereocenters. The minimum atomic E-state index is -2.36. The second kappa shape index (κ2) is 4.91. The summed E-state index contributed by atoms with van der Waals surface area (Å²) in [4.78, 5) is 25.5. The van der Waals surface area contributed by atoms with Crippen molar-refractivity contribution in [2.75, 3.05) is 0 Å². The Morgan fingerprint density at radius 3 is 2.62 bits per heavy atom. The first-order valence-electron chi connectivity index (χ1n) is 8.19. The van der Waals surface area contributed by atoms with Gasteiger partial charge < -0.3 is 20.3 Å². The lowest BCUT2D eigenvalue weighted by Crippen LogP contribution is -2.56. The zero-order chi connectivity index (χ0) is 17.1. The molecular formula is C18H19NO5. The van der Waals surface area contributed by atoms with Crippen LogP contribution in [0.4, 0.5) is 0 Å². The molecule has 1 aliphatic heterocycles. The largest absolute Gasteiger partial charge is 0.459 e. The predicted molar refractivity (Wildman–Crippen MR) is 83.8 cm³/mol. The molecule has 0 bridgehead atoms. The molecule has 24 heavy (non-hydrogen) atoms. The first-order chi connectivity index (χ1) is 11.4. The number of hydrogen-bond donors (Lipinski definition) is 3. The van der Waals surface area contributed by atoms with E-state index in [1.807, 2.05) is 0 Å². The third-order valence-electron chi connectivity index (χ3n) is 5.30. The normalized spacial score (nSPS) is 31.9. The second-order valence-electron chi connectivity index (χ2n) is 6.73. The Kier molecular flexibility index (Phi) is 3.14. The lowest BCUT2D eigenvalue weighted by atomic mass is 9.85. The van der Waals surface area contributed by atoms with Crippen LogP contribution < -0.4 is 5.32 Å². The zero-order valence-electron chi connectivity index (χ0n) is 13.3. The van der Waals surface area contributed by atoms with Crippen LogP contribution in [0.5, 0.6) is 0 Å². The molecule has 1 fully saturated rings. The summed E-state index contributed by atoms with van der Waals surface area (Å²) in [5, 5.41) is 24.9. The molecule has 1 aromatic carbocycles. The van der Waals surface area contributed by atoms with E-state index >= 15 is 0 Å². The predicted octanol–water partition coefficient (Wildman–Crippen LogP) is 1.12. The number of Topliss-reactive ketones (excluding diaryl/α,β-unsaturated/α-hetero) is 1. The summed E-state index contributed by atoms with van der Waals surface area (Å²) in [6, 6.07) is 6.42. The van der Waals surface area contributed by atoms with Crippen molar-refractivity contribution >= 4 is 11.8 Å². The Bertz CT molecular complexity index is 779. The number of benzene rings is 1. The van der Waals surface area contributed by atoms with Crippen molar-refractivity contribution in [1.82, 2.24) is 5.32 Å². The van der Waals surface area contributed by atoms with Crippen LogP contribution in [0.3, 0.4) is 0 Å². The van der Waals surface area contributed by atoms with Gasteiger partial charge in [-0.2, -0.15) is 0 Å². The van der Waals surface area contributed by atoms with Gasteiger partial charge in [-0.1, -0.05) is 24.3 Å². The summed E-state index contributed by atoms with van der Waals surface area (Å²) in [5.74, 6) is -1.44. The van der Waals surface area contributed by atoms with Gasteiger partial charge in [0.25, 0.3) is 0 Å². The number of carbonyl (C=O) groups excluding carboxylic acids is 2. The van der Waals surface area contributed by atoms with E-state index in [1.165, 1.54) is 6.07 Å². The van der Waals surface area contributed by atoms with Gasteiger partial charge in [0.15, 0.2) is 0 Å². The monoisotopic (exact) mass is 329 g/mol. The molecule has 2 aliphatic carbocycles. The number of ketones is 1. The van der Waals surface area contributed by atoms with Crippen molar-refractivity contribution in [3.8, 4) is 0 Å². The molecule has 0 aromatic heterocycles. The van der Waals surface area contributed by atoms with Crippen molar-refractivity contribution in [2.24, 2.45) is 0 Å². The summed E-state index contributed by atoms with van der Waals surface area (Å²) in [6.07, 6.45) is 3.35. The van der Waals surface area contributed by atoms with E-state index in [1.54, 1.807) is 25.1 Å². The van der Waals surface area contributed by atoms with Gasteiger partial charge in [0.1, 0.15) is 11.7 Å². The number of hydrogen-bond acceptors (Lipinski definition) is 6. The molecule has 0 amide bonds. The maximum atomic E-state index is 12.8. The lowest BCUT2D eigenvalue weighted by molar-refractivity contribution is -0.151. The topological polar surface area (TPSA) is 95.9 Å². The van der Waals surface area contributed by atoms with E-state index in [4.69, 9.17) is 4.74 Å². The van der Waals surface area contributed by atoms with E-state index in [0.29, 0.717) is 0 Å². The van der Waals surface area contributed by atoms with E-state index in [2.05, 4.69) is 5.32 Å². The van der Waals surface area contributed by atoms with Crippen molar-refractivity contribution in [1.29, 1.82) is 0 Å². The molecule has 1 aromatic rings. The second-order valence-corrected chi connectivity index (χ2v) is 6.73. The van der Waals surface area contributed by atoms with Gasteiger partial charge >= 0.3 is 5.97 Å². The van der Waals surface area contributed by atoms with Gasteiger partial charge in [0, 0.05) is 16.8 Å². The quantitative estimate of drug-likeness (QED) is 0.704. The van der Waals surface area contributed by atoms with Crippen LogP contribution in [-0.4, -0.2) is 33.7 Å². The van der Waals surface area contributed by atoms with E-state index < -0.39 is 23.1 Å². The SMILES string of the molecule is CC1=C(C(=O)OC2CCCC2)[C@@]2(O)C(=O)c3ccccc3[C@]2(O)N1. The first-order valence-corrected chi connectivity index (χ1v) is 8.19. The average Bonchev–Trinajstić information content (AvgIpc) is 3.16. The van der Waals surface area contributed by atoms with Gasteiger partial charge in [-0.3, -0.25) is 4.79 Å². The Balaban J connectivity index is 1.76. The highest BCUT2D eigenvalue weighted by atomic mass is 16.5. The average molecular weight is 329 g/mol. The summed E-state index contributed by atoms with van der Waals surface area (Å²) in [7, 11) is 0. The molecule has 0 unspecified atom stereocenters. The van der Waals surface area contributed by atoms with Crippen LogP contribution in [0.25, 0.3) is 0 Å². The van der Waals surface area contributed by atoms with Gasteiger partial charge in [0.05, 0.1) is 0 Å². The number of aliphatic hydroxyl groups is 2. The number of nitrogens with one attached hydrogen (secondary N) is 1. The van der Waals surface area contributed by atoms with E-state index in [0.717, 1.165) is 25.7 Å². The highest BCUT2D eigenvalue weighted by molar-refractivity contribution is 6.16. The molecule has 6 nitrogen and oxygen atoms in total. The first kappa shape index (κ1) is 15.4. The molecule has 126 valence electrons. The number of fused-ring (bicyclic) bond motifs is 3. The Labute approximate surface area is 139 Å². The van der Waals surface area contributed by atoms with Crippen molar-refractivity contribution < 1.29 is 24.5 Å². The molecule has 0 radical (unpaired) electrons. The van der Waals surface area contributed by atoms with Crippen LogP contribution in [0, 0.1) is 0 Å². The van der Waals surface area contributed by atoms with Crippen molar-refractivity contribution in [3.05, 3.63) is 46.7 Å². The van der Waals surface area contributed by atoms with Crippen molar-refractivity contribution in [2.45, 2.75) is 50.0 Å². The highest BCUT2D eigenvalue weighted by Gasteiger charge is 2.70. The Morgan fingerprint density at radius 1 is 1.25 bits per heavy atom. The molecular weight excluding hydrogens is 310 g/mol. The number of allylic oxidation sites excluding steroid dienone is 1. The lowest BCUT2D eigenvalue weighted by Gasteiger charge is -2.32. The maximum Gasteiger partial charge on any atom is 0.339 e. The van der Waals surface area contributed by atoms with Gasteiger partial charge in [0.2, 0.25) is 17.1 Å². The van der Waals surface area contributed by atoms with Crippen LogP contribution in [-0.2, 0) is 15.3 Å². The van der Waals surface area contributed by atoms with Crippen LogP contribution in [0.15, 0.2) is 35.5 Å². The van der Waals surface area contributed by atoms with E-state index in [9.17, 15) is 19.8 Å². The third-order valence-corrected chi connectivity index (χ3v) is 5.30. The van der Waals surface area contributed by atoms with Crippen LogP contribution >= 0.6 is 0 Å². The molecule has 1 heterocycles. The summed E-state index contributed by atoms with van der Waals surface area (Å²) in [6.45, 7) is 1.55. The molecule has 3 aliphatic rings. The Morgan fingerprint density at radius 2 is 1.92 bits per heavy atom. The summed E-state index contributed by atoms with van der Waals surface area (Å²) in [5.41, 5.74) is -3.89. The standard InChI is InChI=1S/C18H19NO5/c1-10-14(16(21)24-11-6-2-3-7-11)17(22)15(20)12-8-4-5-9-13(12)18(17,23)19-10/h4-5,8-9,11,19,22-23H,2-3,6-7H2,1H3/t17-,18-/m1/s1. The van der Waals surface area contributed by atoms with Crippen LogP contribution in [0.2, 0.25) is 0 Å². The zero-order valence-corrected chi connectivity index (χ0v) is 13.3. The molecule has 4 rings (SSSR count).